The highest BCUT2D eigenvalue weighted by Gasteiger charge is 2.23. The lowest BCUT2D eigenvalue weighted by molar-refractivity contribution is 0.669. The molecule has 0 atom stereocenters. The van der Waals surface area contributed by atoms with E-state index >= 15 is 0 Å². The molecule has 8 aromatic carbocycles. The summed E-state index contributed by atoms with van der Waals surface area (Å²) in [5.41, 5.74) is 11.1. The van der Waals surface area contributed by atoms with Gasteiger partial charge in [-0.15, -0.1) is 0 Å². The molecule has 2 aromatic heterocycles. The average Bonchev–Trinajstić information content (AvgIpc) is 3.74. The lowest BCUT2D eigenvalue weighted by atomic mass is 9.98. The number of para-hydroxylation sites is 4. The quantitative estimate of drug-likeness (QED) is 0.190. The van der Waals surface area contributed by atoms with Crippen molar-refractivity contribution in [1.29, 1.82) is 0 Å². The minimum absolute atomic E-state index is 0.855. The van der Waals surface area contributed by atoms with E-state index in [4.69, 9.17) is 8.83 Å². The van der Waals surface area contributed by atoms with Crippen molar-refractivity contribution in [1.82, 2.24) is 0 Å². The molecule has 0 aliphatic carbocycles. The third-order valence-electron chi connectivity index (χ3n) is 9.67. The molecule has 3 heteroatoms. The van der Waals surface area contributed by atoms with Crippen LogP contribution < -0.4 is 4.90 Å². The van der Waals surface area contributed by atoms with E-state index in [1.54, 1.807) is 0 Å². The maximum Gasteiger partial charge on any atom is 0.143 e. The first-order chi connectivity index (χ1) is 24.3. The number of benzene rings is 8. The Morgan fingerprint density at radius 1 is 0.367 bits per heavy atom. The van der Waals surface area contributed by atoms with E-state index in [9.17, 15) is 0 Å². The van der Waals surface area contributed by atoms with Gasteiger partial charge in [-0.05, 0) is 70.4 Å². The minimum atomic E-state index is 0.855. The Hall–Kier alpha value is -6.58. The molecule has 0 aliphatic rings. The summed E-state index contributed by atoms with van der Waals surface area (Å²) in [4.78, 5) is 2.37. The molecule has 0 saturated heterocycles. The molecule has 3 nitrogen and oxygen atoms in total. The number of hydrogen-bond acceptors (Lipinski definition) is 3. The SMILES string of the molecule is c1ccc(N(c2ccc(-c3ccc4ccccc4c3)cc2)c2cccc3oc4ccccc4c23)c(-c2cccc3c2oc2ccccc23)c1. The van der Waals surface area contributed by atoms with Crippen molar-refractivity contribution in [2.75, 3.05) is 4.90 Å². The molecule has 0 unspecified atom stereocenters. The smallest absolute Gasteiger partial charge is 0.143 e. The van der Waals surface area contributed by atoms with Crippen LogP contribution in [0, 0.1) is 0 Å². The minimum Gasteiger partial charge on any atom is -0.456 e. The Morgan fingerprint density at radius 3 is 1.86 bits per heavy atom. The van der Waals surface area contributed by atoms with Crippen LogP contribution in [-0.4, -0.2) is 0 Å². The first kappa shape index (κ1) is 27.5. The van der Waals surface area contributed by atoms with Crippen LogP contribution in [0.1, 0.15) is 0 Å². The molecular formula is C46H29NO2. The van der Waals surface area contributed by atoms with Gasteiger partial charge in [0.1, 0.15) is 22.3 Å². The van der Waals surface area contributed by atoms with Crippen molar-refractivity contribution in [2.24, 2.45) is 0 Å². The third kappa shape index (κ3) is 4.44. The molecule has 10 aromatic rings. The number of hydrogen-bond donors (Lipinski definition) is 0. The molecule has 0 saturated carbocycles. The van der Waals surface area contributed by atoms with Gasteiger partial charge in [0.05, 0.1) is 16.8 Å². The van der Waals surface area contributed by atoms with Gasteiger partial charge < -0.3 is 13.7 Å². The lowest BCUT2D eigenvalue weighted by Gasteiger charge is -2.28. The van der Waals surface area contributed by atoms with Crippen molar-refractivity contribution in [3.63, 3.8) is 0 Å². The van der Waals surface area contributed by atoms with Gasteiger partial charge in [0, 0.05) is 33.0 Å². The summed E-state index contributed by atoms with van der Waals surface area (Å²) < 4.78 is 13.0. The van der Waals surface area contributed by atoms with Gasteiger partial charge in [-0.2, -0.15) is 0 Å². The molecule has 2 heterocycles. The normalized spacial score (nSPS) is 11.7. The number of fused-ring (bicyclic) bond motifs is 7. The van der Waals surface area contributed by atoms with Crippen LogP contribution in [-0.2, 0) is 0 Å². The van der Waals surface area contributed by atoms with Crippen molar-refractivity contribution in [2.45, 2.75) is 0 Å². The summed E-state index contributed by atoms with van der Waals surface area (Å²) in [5, 5.41) is 6.87. The standard InChI is InChI=1S/C46H29NO2/c1-2-12-32-29-33(24-23-30(32)11-1)31-25-27-34(28-26-31)47(41-19-10-22-44-45(41)39-15-5-8-21-43(39)48-44)40-18-6-3-13-35(40)37-16-9-17-38-36-14-4-7-20-42(36)49-46(37)38/h1-29H. The molecule has 0 bridgehead atoms. The Kier molecular flexibility index (Phi) is 6.18. The fourth-order valence-electron chi connectivity index (χ4n) is 7.38. The summed E-state index contributed by atoms with van der Waals surface area (Å²) in [6, 6.07) is 62.0. The van der Waals surface area contributed by atoms with Crippen LogP contribution in [0.5, 0.6) is 0 Å². The van der Waals surface area contributed by atoms with Gasteiger partial charge >= 0.3 is 0 Å². The summed E-state index contributed by atoms with van der Waals surface area (Å²) in [6.07, 6.45) is 0. The monoisotopic (exact) mass is 627 g/mol. The zero-order valence-corrected chi connectivity index (χ0v) is 26.5. The van der Waals surface area contributed by atoms with Gasteiger partial charge in [0.15, 0.2) is 0 Å². The zero-order chi connectivity index (χ0) is 32.3. The van der Waals surface area contributed by atoms with E-state index in [1.807, 2.05) is 24.3 Å². The second-order valence-corrected chi connectivity index (χ2v) is 12.5. The van der Waals surface area contributed by atoms with Gasteiger partial charge in [-0.3, -0.25) is 0 Å². The van der Waals surface area contributed by atoms with Gasteiger partial charge in [0.25, 0.3) is 0 Å². The van der Waals surface area contributed by atoms with Crippen LogP contribution in [0.4, 0.5) is 17.1 Å². The number of anilines is 3. The van der Waals surface area contributed by atoms with Gasteiger partial charge in [0.2, 0.25) is 0 Å². The summed E-state index contributed by atoms with van der Waals surface area (Å²) >= 11 is 0. The Labute approximate surface area is 282 Å². The maximum absolute atomic E-state index is 6.56. The fourth-order valence-corrected chi connectivity index (χ4v) is 7.38. The second kappa shape index (κ2) is 11.0. The number of nitrogens with zero attached hydrogens (tertiary/aromatic N) is 1. The van der Waals surface area contributed by atoms with E-state index in [-0.39, 0.29) is 0 Å². The summed E-state index contributed by atoms with van der Waals surface area (Å²) in [6.45, 7) is 0. The number of rotatable bonds is 5. The first-order valence-corrected chi connectivity index (χ1v) is 16.6. The van der Waals surface area contributed by atoms with Crippen molar-refractivity contribution >= 4 is 71.7 Å². The van der Waals surface area contributed by atoms with E-state index in [0.29, 0.717) is 0 Å². The molecule has 0 amide bonds. The highest BCUT2D eigenvalue weighted by Crippen LogP contribution is 2.47. The molecule has 10 rings (SSSR count). The predicted octanol–water partition coefficient (Wildman–Crippen LogP) is 13.4. The van der Waals surface area contributed by atoms with Crippen LogP contribution in [0.25, 0.3) is 76.9 Å². The topological polar surface area (TPSA) is 29.5 Å². The molecule has 0 radical (unpaired) electrons. The Bertz CT molecular complexity index is 2840. The van der Waals surface area contributed by atoms with Crippen molar-refractivity contribution in [3.8, 4) is 22.3 Å². The van der Waals surface area contributed by atoms with E-state index in [0.717, 1.165) is 72.1 Å². The molecule has 0 aliphatic heterocycles. The van der Waals surface area contributed by atoms with E-state index in [1.165, 1.54) is 21.9 Å². The molecular weight excluding hydrogens is 599 g/mol. The second-order valence-electron chi connectivity index (χ2n) is 12.5. The largest absolute Gasteiger partial charge is 0.456 e. The zero-order valence-electron chi connectivity index (χ0n) is 26.5. The fraction of sp³-hybridized carbons (Fsp3) is 0. The van der Waals surface area contributed by atoms with Crippen molar-refractivity contribution in [3.05, 3.63) is 176 Å². The first-order valence-electron chi connectivity index (χ1n) is 16.6. The van der Waals surface area contributed by atoms with Gasteiger partial charge in [-0.25, -0.2) is 0 Å². The highest BCUT2D eigenvalue weighted by molar-refractivity contribution is 6.15. The number of furan rings is 2. The molecule has 0 spiro atoms. The Morgan fingerprint density at radius 2 is 0.980 bits per heavy atom. The average molecular weight is 628 g/mol. The van der Waals surface area contributed by atoms with Gasteiger partial charge in [-0.1, -0.05) is 127 Å². The molecule has 0 fully saturated rings. The molecule has 0 N–H and O–H groups in total. The van der Waals surface area contributed by atoms with Crippen LogP contribution >= 0.6 is 0 Å². The predicted molar refractivity (Wildman–Crippen MR) is 204 cm³/mol. The lowest BCUT2D eigenvalue weighted by Crippen LogP contribution is -2.11. The highest BCUT2D eigenvalue weighted by atomic mass is 16.3. The van der Waals surface area contributed by atoms with Crippen LogP contribution in [0.3, 0.4) is 0 Å². The Balaban J connectivity index is 1.21. The van der Waals surface area contributed by atoms with Crippen LogP contribution in [0.2, 0.25) is 0 Å². The molecule has 49 heavy (non-hydrogen) atoms. The maximum atomic E-state index is 6.56. The third-order valence-corrected chi connectivity index (χ3v) is 9.67. The van der Waals surface area contributed by atoms with E-state index < -0.39 is 0 Å². The van der Waals surface area contributed by atoms with Crippen molar-refractivity contribution < 1.29 is 8.83 Å². The molecule has 230 valence electrons. The summed E-state index contributed by atoms with van der Waals surface area (Å²) in [7, 11) is 0. The van der Waals surface area contributed by atoms with E-state index in [2.05, 4.69) is 157 Å². The van der Waals surface area contributed by atoms with Crippen LogP contribution in [0.15, 0.2) is 185 Å². The summed E-state index contributed by atoms with van der Waals surface area (Å²) in [5.74, 6) is 0.